The van der Waals surface area contributed by atoms with E-state index >= 15 is 0 Å². The van der Waals surface area contributed by atoms with Crippen LogP contribution in [0.1, 0.15) is 34.8 Å². The van der Waals surface area contributed by atoms with E-state index in [9.17, 15) is 25.2 Å². The number of rotatable bonds is 6. The van der Waals surface area contributed by atoms with Gasteiger partial charge in [0, 0.05) is 17.5 Å². The van der Waals surface area contributed by atoms with Crippen LogP contribution in [0.25, 0.3) is 0 Å². The molecular formula is C24H27ClO8. The van der Waals surface area contributed by atoms with Crippen molar-refractivity contribution in [2.24, 2.45) is 0 Å². The van der Waals surface area contributed by atoms with Gasteiger partial charge in [0.05, 0.1) is 24.8 Å². The maximum atomic E-state index is 13.2. The first-order chi connectivity index (χ1) is 15.7. The number of carbonyl (C=O) groups is 1. The van der Waals surface area contributed by atoms with Gasteiger partial charge in [-0.05, 0) is 48.9 Å². The standard InChI is InChI=1S/C24H27ClO8/c1-24(23(30)22(29)21(28)19(11-26)33-24)14-4-7-18(25)17(10-14)20(27)13-2-5-15(6-3-13)32-16-8-9-31-12-16/h2-7,10,16,19,21-23,26,28-30H,8-9,11-12H2,1H3/t16-,19+,21+,22-,23+,24?/m0/s1. The van der Waals surface area contributed by atoms with Gasteiger partial charge in [0.2, 0.25) is 0 Å². The lowest BCUT2D eigenvalue weighted by Crippen LogP contribution is -2.62. The third-order valence-electron chi connectivity index (χ3n) is 6.29. The van der Waals surface area contributed by atoms with Gasteiger partial charge in [-0.2, -0.15) is 0 Å². The van der Waals surface area contributed by atoms with Crippen molar-refractivity contribution in [2.75, 3.05) is 19.8 Å². The first-order valence-electron chi connectivity index (χ1n) is 10.8. The third-order valence-corrected chi connectivity index (χ3v) is 6.62. The molecule has 0 radical (unpaired) electrons. The molecule has 9 heteroatoms. The number of aliphatic hydroxyl groups is 4. The summed E-state index contributed by atoms with van der Waals surface area (Å²) < 4.78 is 16.9. The topological polar surface area (TPSA) is 126 Å². The molecule has 4 rings (SSSR count). The second kappa shape index (κ2) is 9.68. The van der Waals surface area contributed by atoms with Crippen LogP contribution in [0, 0.1) is 0 Å². The van der Waals surface area contributed by atoms with Crippen molar-refractivity contribution in [3.05, 3.63) is 64.2 Å². The molecule has 2 aromatic carbocycles. The lowest BCUT2D eigenvalue weighted by Gasteiger charge is -2.47. The minimum absolute atomic E-state index is 0.00282. The van der Waals surface area contributed by atoms with Gasteiger partial charge in [-0.3, -0.25) is 4.79 Å². The Labute approximate surface area is 196 Å². The Morgan fingerprint density at radius 1 is 1.15 bits per heavy atom. The fourth-order valence-corrected chi connectivity index (χ4v) is 4.42. The predicted octanol–water partition coefficient (Wildman–Crippen LogP) is 1.43. The predicted molar refractivity (Wildman–Crippen MR) is 119 cm³/mol. The van der Waals surface area contributed by atoms with Gasteiger partial charge in [-0.25, -0.2) is 0 Å². The highest BCUT2D eigenvalue weighted by molar-refractivity contribution is 6.35. The summed E-state index contributed by atoms with van der Waals surface area (Å²) in [5.74, 6) is 0.293. The lowest BCUT2D eigenvalue weighted by molar-refractivity contribution is -0.273. The van der Waals surface area contributed by atoms with Crippen LogP contribution in [0.3, 0.4) is 0 Å². The van der Waals surface area contributed by atoms with Crippen LogP contribution in [0.4, 0.5) is 0 Å². The fourth-order valence-electron chi connectivity index (χ4n) is 4.22. The van der Waals surface area contributed by atoms with Crippen LogP contribution in [-0.4, -0.2) is 76.5 Å². The molecule has 2 aromatic rings. The molecule has 2 saturated heterocycles. The zero-order valence-corrected chi connectivity index (χ0v) is 18.8. The number of aliphatic hydroxyl groups excluding tert-OH is 4. The summed E-state index contributed by atoms with van der Waals surface area (Å²) in [6.45, 7) is 2.17. The summed E-state index contributed by atoms with van der Waals surface area (Å²) in [6, 6.07) is 11.3. The van der Waals surface area contributed by atoms with E-state index in [1.165, 1.54) is 19.1 Å². The molecule has 2 heterocycles. The molecule has 2 aliphatic heterocycles. The SMILES string of the molecule is CC1(c2ccc(Cl)c(C(=O)c3ccc(O[C@H]4CCOC4)cc3)c2)O[C@H](CO)[C@@H](O)[C@H](O)[C@H]1O. The Morgan fingerprint density at radius 2 is 1.88 bits per heavy atom. The summed E-state index contributed by atoms with van der Waals surface area (Å²) in [4.78, 5) is 13.2. The summed E-state index contributed by atoms with van der Waals surface area (Å²) in [5.41, 5.74) is -0.547. The molecule has 6 atom stereocenters. The Hall–Kier alpha value is -2.04. The minimum Gasteiger partial charge on any atom is -0.488 e. The van der Waals surface area contributed by atoms with Crippen LogP contribution in [0.15, 0.2) is 42.5 Å². The van der Waals surface area contributed by atoms with Gasteiger partial charge in [-0.1, -0.05) is 17.7 Å². The number of halogens is 1. The van der Waals surface area contributed by atoms with E-state index in [0.29, 0.717) is 30.1 Å². The van der Waals surface area contributed by atoms with E-state index in [1.807, 2.05) is 0 Å². The molecule has 33 heavy (non-hydrogen) atoms. The van der Waals surface area contributed by atoms with Gasteiger partial charge in [0.15, 0.2) is 5.78 Å². The molecule has 0 spiro atoms. The molecule has 8 nitrogen and oxygen atoms in total. The molecule has 0 amide bonds. The highest BCUT2D eigenvalue weighted by Gasteiger charge is 2.51. The molecule has 2 aliphatic rings. The molecule has 178 valence electrons. The molecule has 0 bridgehead atoms. The number of ketones is 1. The number of ether oxygens (including phenoxy) is 3. The van der Waals surface area contributed by atoms with Crippen LogP contribution >= 0.6 is 11.6 Å². The Bertz CT molecular complexity index is 988. The van der Waals surface area contributed by atoms with Gasteiger partial charge >= 0.3 is 0 Å². The Balaban J connectivity index is 1.59. The third kappa shape index (κ3) is 4.65. The van der Waals surface area contributed by atoms with E-state index < -0.39 is 36.6 Å². The Kier molecular flexibility index (Phi) is 7.07. The van der Waals surface area contributed by atoms with Crippen LogP contribution in [0.5, 0.6) is 5.75 Å². The van der Waals surface area contributed by atoms with Crippen LogP contribution in [-0.2, 0) is 15.1 Å². The van der Waals surface area contributed by atoms with Crippen molar-refractivity contribution >= 4 is 17.4 Å². The van der Waals surface area contributed by atoms with Crippen molar-refractivity contribution < 1.29 is 39.4 Å². The van der Waals surface area contributed by atoms with Crippen molar-refractivity contribution in [1.82, 2.24) is 0 Å². The van der Waals surface area contributed by atoms with E-state index in [2.05, 4.69) is 0 Å². The fraction of sp³-hybridized carbons (Fsp3) is 0.458. The van der Waals surface area contributed by atoms with Gasteiger partial charge in [0.1, 0.15) is 41.9 Å². The second-order valence-electron chi connectivity index (χ2n) is 8.52. The number of hydrogen-bond donors (Lipinski definition) is 4. The average Bonchev–Trinajstić information content (AvgIpc) is 3.33. The highest BCUT2D eigenvalue weighted by atomic mass is 35.5. The highest BCUT2D eigenvalue weighted by Crippen LogP contribution is 2.39. The molecule has 0 aromatic heterocycles. The zero-order chi connectivity index (χ0) is 23.8. The molecular weight excluding hydrogens is 452 g/mol. The summed E-state index contributed by atoms with van der Waals surface area (Å²) >= 11 is 6.32. The molecule has 4 N–H and O–H groups in total. The summed E-state index contributed by atoms with van der Waals surface area (Å²) in [6.07, 6.45) is -4.80. The first-order valence-corrected chi connectivity index (χ1v) is 11.1. The monoisotopic (exact) mass is 478 g/mol. The zero-order valence-electron chi connectivity index (χ0n) is 18.1. The molecule has 0 aliphatic carbocycles. The quantitative estimate of drug-likeness (QED) is 0.459. The number of carbonyl (C=O) groups excluding carboxylic acids is 1. The van der Waals surface area contributed by atoms with Crippen molar-refractivity contribution in [3.63, 3.8) is 0 Å². The minimum atomic E-state index is -1.55. The van der Waals surface area contributed by atoms with Crippen molar-refractivity contribution in [1.29, 1.82) is 0 Å². The largest absolute Gasteiger partial charge is 0.488 e. The molecule has 1 unspecified atom stereocenters. The Morgan fingerprint density at radius 3 is 2.52 bits per heavy atom. The van der Waals surface area contributed by atoms with Gasteiger partial charge in [-0.15, -0.1) is 0 Å². The van der Waals surface area contributed by atoms with Crippen LogP contribution in [0.2, 0.25) is 5.02 Å². The van der Waals surface area contributed by atoms with E-state index in [-0.39, 0.29) is 22.5 Å². The molecule has 0 saturated carbocycles. The van der Waals surface area contributed by atoms with E-state index in [0.717, 1.165) is 6.42 Å². The van der Waals surface area contributed by atoms with Crippen molar-refractivity contribution in [3.8, 4) is 5.75 Å². The second-order valence-corrected chi connectivity index (χ2v) is 8.93. The average molecular weight is 479 g/mol. The van der Waals surface area contributed by atoms with E-state index in [4.69, 9.17) is 25.8 Å². The summed E-state index contributed by atoms with van der Waals surface area (Å²) in [7, 11) is 0. The lowest BCUT2D eigenvalue weighted by atomic mass is 9.80. The van der Waals surface area contributed by atoms with Crippen molar-refractivity contribution in [2.45, 2.75) is 49.5 Å². The first kappa shape index (κ1) is 24.1. The smallest absolute Gasteiger partial charge is 0.194 e. The number of hydrogen-bond acceptors (Lipinski definition) is 8. The molecule has 2 fully saturated rings. The maximum Gasteiger partial charge on any atom is 0.194 e. The van der Waals surface area contributed by atoms with E-state index in [1.54, 1.807) is 30.3 Å². The normalized spacial score (nSPS) is 32.0. The number of benzene rings is 2. The van der Waals surface area contributed by atoms with Crippen LogP contribution < -0.4 is 4.74 Å². The van der Waals surface area contributed by atoms with Gasteiger partial charge < -0.3 is 34.6 Å². The van der Waals surface area contributed by atoms with Gasteiger partial charge in [0.25, 0.3) is 0 Å². The maximum absolute atomic E-state index is 13.2. The summed E-state index contributed by atoms with van der Waals surface area (Å²) in [5, 5.41) is 40.7.